The van der Waals surface area contributed by atoms with Crippen molar-refractivity contribution in [1.82, 2.24) is 4.98 Å². The molecule has 0 fully saturated rings. The van der Waals surface area contributed by atoms with E-state index >= 15 is 0 Å². The Labute approximate surface area is 93.7 Å². The minimum absolute atomic E-state index is 0.264. The molecule has 0 aliphatic carbocycles. The Hall–Kier alpha value is -2.16. The molecule has 1 radical (unpaired) electrons. The molecule has 1 aromatic heterocycles. The van der Waals surface area contributed by atoms with Crippen molar-refractivity contribution >= 4 is 5.97 Å². The number of hydrogen-bond acceptors (Lipinski definition) is 3. The third-order valence-electron chi connectivity index (χ3n) is 2.04. The van der Waals surface area contributed by atoms with Crippen molar-refractivity contribution in [3.05, 3.63) is 66.0 Å². The normalized spacial score (nSPS) is 9.75. The molecule has 16 heavy (non-hydrogen) atoms. The second kappa shape index (κ2) is 5.07. The average molecular weight is 212 g/mol. The van der Waals surface area contributed by atoms with Gasteiger partial charge in [0.05, 0.1) is 0 Å². The molecule has 2 aromatic rings. The second-order valence-electron chi connectivity index (χ2n) is 3.21. The minimum Gasteiger partial charge on any atom is -0.456 e. The molecule has 0 aliphatic rings. The maximum atomic E-state index is 11.5. The molecule has 3 nitrogen and oxygen atoms in total. The van der Waals surface area contributed by atoms with Gasteiger partial charge >= 0.3 is 5.97 Å². The summed E-state index contributed by atoms with van der Waals surface area (Å²) < 4.78 is 5.10. The van der Waals surface area contributed by atoms with Crippen molar-refractivity contribution in [2.75, 3.05) is 0 Å². The summed E-state index contributed by atoms with van der Waals surface area (Å²) in [6.45, 7) is 0.264. The SMILES string of the molecule is O=C(OCc1ccccc1)c1cc[c]cn1. The Morgan fingerprint density at radius 3 is 2.75 bits per heavy atom. The minimum atomic E-state index is -0.419. The van der Waals surface area contributed by atoms with E-state index in [1.807, 2.05) is 30.3 Å². The number of carbonyl (C=O) groups excluding carboxylic acids is 1. The molecule has 0 atom stereocenters. The van der Waals surface area contributed by atoms with E-state index in [4.69, 9.17) is 4.74 Å². The van der Waals surface area contributed by atoms with Gasteiger partial charge in [0.1, 0.15) is 12.3 Å². The number of carbonyl (C=O) groups is 1. The molecular weight excluding hydrogens is 202 g/mol. The molecule has 0 bridgehead atoms. The Balaban J connectivity index is 1.95. The van der Waals surface area contributed by atoms with Crippen LogP contribution in [0.2, 0.25) is 0 Å². The summed E-state index contributed by atoms with van der Waals surface area (Å²) in [4.78, 5) is 15.4. The van der Waals surface area contributed by atoms with Crippen LogP contribution in [0.1, 0.15) is 16.1 Å². The molecule has 0 unspecified atom stereocenters. The average Bonchev–Trinajstić information content (AvgIpc) is 2.38. The summed E-state index contributed by atoms with van der Waals surface area (Å²) >= 11 is 0. The predicted molar refractivity (Wildman–Crippen MR) is 58.6 cm³/mol. The van der Waals surface area contributed by atoms with Crippen LogP contribution >= 0.6 is 0 Å². The summed E-state index contributed by atoms with van der Waals surface area (Å²) in [7, 11) is 0. The standard InChI is InChI=1S/C13H10NO2/c15-13(12-8-4-5-9-14-12)16-10-11-6-2-1-3-7-11/h1-4,6-9H,10H2. The van der Waals surface area contributed by atoms with E-state index < -0.39 is 5.97 Å². The van der Waals surface area contributed by atoms with Crippen LogP contribution in [0, 0.1) is 6.07 Å². The van der Waals surface area contributed by atoms with Crippen LogP contribution in [0.3, 0.4) is 0 Å². The molecule has 2 rings (SSSR count). The van der Waals surface area contributed by atoms with Crippen LogP contribution in [-0.4, -0.2) is 11.0 Å². The predicted octanol–water partition coefficient (Wildman–Crippen LogP) is 2.24. The summed E-state index contributed by atoms with van der Waals surface area (Å²) in [6.07, 6.45) is 1.44. The summed E-state index contributed by atoms with van der Waals surface area (Å²) in [5.41, 5.74) is 1.26. The van der Waals surface area contributed by atoms with Gasteiger partial charge < -0.3 is 4.74 Å². The zero-order chi connectivity index (χ0) is 11.2. The highest BCUT2D eigenvalue weighted by molar-refractivity contribution is 5.87. The van der Waals surface area contributed by atoms with Gasteiger partial charge in [-0.05, 0) is 11.6 Å². The first-order chi connectivity index (χ1) is 7.86. The molecule has 0 spiro atoms. The fourth-order valence-electron chi connectivity index (χ4n) is 1.24. The van der Waals surface area contributed by atoms with Crippen molar-refractivity contribution in [1.29, 1.82) is 0 Å². The van der Waals surface area contributed by atoms with Crippen LogP contribution < -0.4 is 0 Å². The highest BCUT2D eigenvalue weighted by Crippen LogP contribution is 2.03. The van der Waals surface area contributed by atoms with Gasteiger partial charge in [-0.25, -0.2) is 9.78 Å². The number of ether oxygens (including phenoxy) is 1. The van der Waals surface area contributed by atoms with Crippen LogP contribution in [-0.2, 0) is 11.3 Å². The van der Waals surface area contributed by atoms with E-state index in [9.17, 15) is 4.79 Å². The number of rotatable bonds is 3. The Kier molecular flexibility index (Phi) is 3.28. The quantitative estimate of drug-likeness (QED) is 0.732. The molecule has 0 saturated carbocycles. The van der Waals surface area contributed by atoms with Crippen molar-refractivity contribution in [2.45, 2.75) is 6.61 Å². The maximum Gasteiger partial charge on any atom is 0.357 e. The third-order valence-corrected chi connectivity index (χ3v) is 2.04. The summed E-state index contributed by atoms with van der Waals surface area (Å²) in [6, 6.07) is 15.5. The molecule has 0 aliphatic heterocycles. The van der Waals surface area contributed by atoms with Crippen molar-refractivity contribution in [2.24, 2.45) is 0 Å². The van der Waals surface area contributed by atoms with Gasteiger partial charge in [-0.3, -0.25) is 0 Å². The number of pyridine rings is 1. The van der Waals surface area contributed by atoms with E-state index in [0.29, 0.717) is 5.69 Å². The number of benzene rings is 1. The summed E-state index contributed by atoms with van der Waals surface area (Å²) in [5, 5.41) is 0. The van der Waals surface area contributed by atoms with Gasteiger partial charge in [0, 0.05) is 12.3 Å². The lowest BCUT2D eigenvalue weighted by Crippen LogP contribution is -2.06. The molecule has 79 valence electrons. The smallest absolute Gasteiger partial charge is 0.357 e. The Bertz CT molecular complexity index is 454. The number of hydrogen-bond donors (Lipinski definition) is 0. The Morgan fingerprint density at radius 1 is 1.25 bits per heavy atom. The van der Waals surface area contributed by atoms with Gasteiger partial charge in [-0.2, -0.15) is 0 Å². The first kappa shape index (κ1) is 10.4. The zero-order valence-corrected chi connectivity index (χ0v) is 8.59. The van der Waals surface area contributed by atoms with Gasteiger partial charge in [0.25, 0.3) is 0 Å². The van der Waals surface area contributed by atoms with E-state index in [0.717, 1.165) is 5.56 Å². The highest BCUT2D eigenvalue weighted by atomic mass is 16.5. The number of nitrogens with zero attached hydrogens (tertiary/aromatic N) is 1. The lowest BCUT2D eigenvalue weighted by Gasteiger charge is -2.03. The fourth-order valence-corrected chi connectivity index (χ4v) is 1.24. The van der Waals surface area contributed by atoms with Crippen molar-refractivity contribution < 1.29 is 9.53 Å². The number of aromatic nitrogens is 1. The molecule has 0 amide bonds. The third kappa shape index (κ3) is 2.67. The van der Waals surface area contributed by atoms with Gasteiger partial charge in [-0.15, -0.1) is 0 Å². The molecular formula is C13H10NO2. The van der Waals surface area contributed by atoms with Gasteiger partial charge in [-0.1, -0.05) is 36.4 Å². The maximum absolute atomic E-state index is 11.5. The molecule has 1 aromatic carbocycles. The zero-order valence-electron chi connectivity index (χ0n) is 8.59. The van der Waals surface area contributed by atoms with Crippen LogP contribution in [0.5, 0.6) is 0 Å². The molecule has 1 heterocycles. The first-order valence-corrected chi connectivity index (χ1v) is 4.89. The monoisotopic (exact) mass is 212 g/mol. The van der Waals surface area contributed by atoms with Crippen LogP contribution in [0.15, 0.2) is 48.7 Å². The van der Waals surface area contributed by atoms with E-state index in [1.165, 1.54) is 6.20 Å². The highest BCUT2D eigenvalue weighted by Gasteiger charge is 2.07. The number of esters is 1. The topological polar surface area (TPSA) is 39.2 Å². The van der Waals surface area contributed by atoms with E-state index in [1.54, 1.807) is 12.1 Å². The summed E-state index contributed by atoms with van der Waals surface area (Å²) in [5.74, 6) is -0.419. The second-order valence-corrected chi connectivity index (χ2v) is 3.21. The van der Waals surface area contributed by atoms with Gasteiger partial charge in [0.15, 0.2) is 0 Å². The molecule has 3 heteroatoms. The van der Waals surface area contributed by atoms with Crippen LogP contribution in [0.25, 0.3) is 0 Å². The largest absolute Gasteiger partial charge is 0.456 e. The fraction of sp³-hybridized carbons (Fsp3) is 0.0769. The van der Waals surface area contributed by atoms with E-state index in [2.05, 4.69) is 11.1 Å². The van der Waals surface area contributed by atoms with Crippen molar-refractivity contribution in [3.8, 4) is 0 Å². The van der Waals surface area contributed by atoms with Gasteiger partial charge in [0.2, 0.25) is 0 Å². The van der Waals surface area contributed by atoms with Crippen LogP contribution in [0.4, 0.5) is 0 Å². The van der Waals surface area contributed by atoms with Crippen molar-refractivity contribution in [3.63, 3.8) is 0 Å². The lowest BCUT2D eigenvalue weighted by atomic mass is 10.2. The first-order valence-electron chi connectivity index (χ1n) is 4.89. The molecule has 0 N–H and O–H groups in total. The molecule has 0 saturated heterocycles. The Morgan fingerprint density at radius 2 is 2.06 bits per heavy atom. The lowest BCUT2D eigenvalue weighted by molar-refractivity contribution is 0.0466. The van der Waals surface area contributed by atoms with E-state index in [-0.39, 0.29) is 6.61 Å².